The molecule has 0 bridgehead atoms. The molecule has 5 heteroatoms. The number of carbonyl (C=O) groups excluding carboxylic acids is 1. The van der Waals surface area contributed by atoms with Gasteiger partial charge >= 0.3 is 0 Å². The minimum absolute atomic E-state index is 0.185. The van der Waals surface area contributed by atoms with Crippen molar-refractivity contribution in [3.8, 4) is 0 Å². The first kappa shape index (κ1) is 13.1. The number of benzene rings is 1. The van der Waals surface area contributed by atoms with E-state index in [1.807, 2.05) is 37.3 Å². The highest BCUT2D eigenvalue weighted by atomic mass is 16.1. The van der Waals surface area contributed by atoms with Gasteiger partial charge in [0, 0.05) is 19.2 Å². The molecule has 0 atom stereocenters. The van der Waals surface area contributed by atoms with Gasteiger partial charge in [0.05, 0.1) is 0 Å². The van der Waals surface area contributed by atoms with Gasteiger partial charge in [-0.3, -0.25) is 4.79 Å². The molecule has 1 aromatic heterocycles. The van der Waals surface area contributed by atoms with E-state index in [1.165, 1.54) is 5.56 Å². The van der Waals surface area contributed by atoms with Crippen molar-refractivity contribution in [2.24, 2.45) is 0 Å². The largest absolute Gasteiger partial charge is 0.384 e. The number of hydrogen-bond acceptors (Lipinski definition) is 3. The highest BCUT2D eigenvalue weighted by Crippen LogP contribution is 2.06. The lowest BCUT2D eigenvalue weighted by Gasteiger charge is -2.03. The smallest absolute Gasteiger partial charge is 0.271 e. The van der Waals surface area contributed by atoms with E-state index in [9.17, 15) is 4.79 Å². The quantitative estimate of drug-likeness (QED) is 0.852. The van der Waals surface area contributed by atoms with Gasteiger partial charge < -0.3 is 11.1 Å². The van der Waals surface area contributed by atoms with Gasteiger partial charge in [-0.1, -0.05) is 30.3 Å². The fourth-order valence-electron chi connectivity index (χ4n) is 1.85. The van der Waals surface area contributed by atoms with E-state index in [0.29, 0.717) is 24.6 Å². The number of nitrogens with one attached hydrogen (secondary N) is 1. The number of anilines is 1. The van der Waals surface area contributed by atoms with Crippen LogP contribution < -0.4 is 11.1 Å². The van der Waals surface area contributed by atoms with Crippen LogP contribution in [0.15, 0.2) is 36.4 Å². The summed E-state index contributed by atoms with van der Waals surface area (Å²) in [5.74, 6) is 0.325. The molecule has 1 aromatic carbocycles. The van der Waals surface area contributed by atoms with Crippen molar-refractivity contribution in [3.05, 3.63) is 47.7 Å². The highest BCUT2D eigenvalue weighted by Gasteiger charge is 2.11. The Bertz CT molecular complexity index is 548. The molecule has 1 heterocycles. The molecule has 0 aliphatic rings. The monoisotopic (exact) mass is 258 g/mol. The first-order chi connectivity index (χ1) is 9.20. The van der Waals surface area contributed by atoms with Crippen LogP contribution >= 0.6 is 0 Å². The molecule has 0 spiro atoms. The molecule has 0 saturated heterocycles. The van der Waals surface area contributed by atoms with Crippen LogP contribution in [0.3, 0.4) is 0 Å². The number of nitrogens with zero attached hydrogens (tertiary/aromatic N) is 2. The Kier molecular flexibility index (Phi) is 4.18. The Morgan fingerprint density at radius 2 is 2.11 bits per heavy atom. The number of aromatic nitrogens is 2. The lowest BCUT2D eigenvalue weighted by Crippen LogP contribution is -2.26. The normalized spacial score (nSPS) is 10.4. The van der Waals surface area contributed by atoms with Gasteiger partial charge in [0.1, 0.15) is 5.82 Å². The number of nitrogen functional groups attached to an aromatic ring is 1. The van der Waals surface area contributed by atoms with Gasteiger partial charge in [-0.25, -0.2) is 4.68 Å². The second kappa shape index (κ2) is 6.04. The maximum absolute atomic E-state index is 11.9. The zero-order valence-electron chi connectivity index (χ0n) is 11.0. The van der Waals surface area contributed by atoms with Gasteiger partial charge in [0.25, 0.3) is 5.91 Å². The van der Waals surface area contributed by atoms with Crippen LogP contribution in [0.25, 0.3) is 0 Å². The topological polar surface area (TPSA) is 72.9 Å². The summed E-state index contributed by atoms with van der Waals surface area (Å²) in [4.78, 5) is 11.9. The van der Waals surface area contributed by atoms with Gasteiger partial charge in [-0.2, -0.15) is 5.10 Å². The third kappa shape index (κ3) is 3.34. The van der Waals surface area contributed by atoms with Crippen molar-refractivity contribution in [2.45, 2.75) is 19.9 Å². The molecule has 19 heavy (non-hydrogen) atoms. The molecule has 0 aliphatic carbocycles. The molecule has 1 amide bonds. The summed E-state index contributed by atoms with van der Waals surface area (Å²) >= 11 is 0. The first-order valence-electron chi connectivity index (χ1n) is 6.36. The minimum Gasteiger partial charge on any atom is -0.384 e. The Morgan fingerprint density at radius 1 is 1.37 bits per heavy atom. The summed E-state index contributed by atoms with van der Waals surface area (Å²) < 4.78 is 1.60. The molecule has 0 saturated carbocycles. The van der Waals surface area contributed by atoms with Crippen LogP contribution in [0, 0.1) is 0 Å². The van der Waals surface area contributed by atoms with Crippen LogP contribution in [0.2, 0.25) is 0 Å². The number of carbonyl (C=O) groups is 1. The zero-order valence-corrected chi connectivity index (χ0v) is 11.0. The number of hydrogen-bond donors (Lipinski definition) is 2. The van der Waals surface area contributed by atoms with Crippen molar-refractivity contribution >= 4 is 11.7 Å². The average Bonchev–Trinajstić information content (AvgIpc) is 2.81. The summed E-state index contributed by atoms with van der Waals surface area (Å²) in [7, 11) is 0. The van der Waals surface area contributed by atoms with Crippen LogP contribution in [-0.2, 0) is 13.0 Å². The second-order valence-corrected chi connectivity index (χ2v) is 4.26. The van der Waals surface area contributed by atoms with Crippen molar-refractivity contribution < 1.29 is 4.79 Å². The molecule has 100 valence electrons. The number of amides is 1. The van der Waals surface area contributed by atoms with Crippen molar-refractivity contribution in [1.29, 1.82) is 0 Å². The summed E-state index contributed by atoms with van der Waals surface area (Å²) in [6.07, 6.45) is 0.802. The van der Waals surface area contributed by atoms with Crippen LogP contribution in [0.1, 0.15) is 23.0 Å². The summed E-state index contributed by atoms with van der Waals surface area (Å²) in [6, 6.07) is 11.6. The van der Waals surface area contributed by atoms with Gasteiger partial charge in [-0.05, 0) is 18.9 Å². The minimum atomic E-state index is -0.185. The fraction of sp³-hybridized carbons (Fsp3) is 0.286. The summed E-state index contributed by atoms with van der Waals surface area (Å²) in [6.45, 7) is 3.17. The van der Waals surface area contributed by atoms with E-state index in [-0.39, 0.29) is 5.91 Å². The van der Waals surface area contributed by atoms with E-state index in [1.54, 1.807) is 10.7 Å². The molecule has 0 aliphatic heterocycles. The number of rotatable bonds is 5. The second-order valence-electron chi connectivity index (χ2n) is 4.26. The molecule has 2 rings (SSSR count). The number of aryl methyl sites for hydroxylation is 1. The van der Waals surface area contributed by atoms with E-state index >= 15 is 0 Å². The highest BCUT2D eigenvalue weighted by molar-refractivity contribution is 5.92. The predicted octanol–water partition coefficient (Wildman–Crippen LogP) is 1.46. The predicted molar refractivity (Wildman–Crippen MR) is 74.8 cm³/mol. The lowest BCUT2D eigenvalue weighted by atomic mass is 10.1. The molecule has 5 nitrogen and oxygen atoms in total. The lowest BCUT2D eigenvalue weighted by molar-refractivity contribution is 0.0948. The Labute approximate surface area is 112 Å². The van der Waals surface area contributed by atoms with Gasteiger partial charge in [0.15, 0.2) is 5.69 Å². The summed E-state index contributed by atoms with van der Waals surface area (Å²) in [5.41, 5.74) is 7.29. The molecule has 0 fully saturated rings. The van der Waals surface area contributed by atoms with Crippen molar-refractivity contribution in [2.75, 3.05) is 12.3 Å². The van der Waals surface area contributed by atoms with E-state index in [2.05, 4.69) is 10.4 Å². The van der Waals surface area contributed by atoms with Gasteiger partial charge in [-0.15, -0.1) is 0 Å². The SMILES string of the molecule is CCn1nc(C(=O)NCCc2ccccc2)cc1N. The average molecular weight is 258 g/mol. The molecule has 2 aromatic rings. The fourth-order valence-corrected chi connectivity index (χ4v) is 1.85. The first-order valence-corrected chi connectivity index (χ1v) is 6.36. The maximum atomic E-state index is 11.9. The van der Waals surface area contributed by atoms with Gasteiger partial charge in [0.2, 0.25) is 0 Å². The van der Waals surface area contributed by atoms with Crippen LogP contribution in [-0.4, -0.2) is 22.2 Å². The molecule has 3 N–H and O–H groups in total. The van der Waals surface area contributed by atoms with Crippen molar-refractivity contribution in [1.82, 2.24) is 15.1 Å². The molecule has 0 radical (unpaired) electrons. The Balaban J connectivity index is 1.87. The third-order valence-electron chi connectivity index (χ3n) is 2.89. The van der Waals surface area contributed by atoms with Crippen molar-refractivity contribution in [3.63, 3.8) is 0 Å². The summed E-state index contributed by atoms with van der Waals surface area (Å²) in [5, 5.41) is 6.98. The van der Waals surface area contributed by atoms with E-state index in [4.69, 9.17) is 5.73 Å². The van der Waals surface area contributed by atoms with E-state index in [0.717, 1.165) is 6.42 Å². The van der Waals surface area contributed by atoms with Crippen LogP contribution in [0.4, 0.5) is 5.82 Å². The third-order valence-corrected chi connectivity index (χ3v) is 2.89. The number of nitrogens with two attached hydrogens (primary N) is 1. The molecular weight excluding hydrogens is 240 g/mol. The maximum Gasteiger partial charge on any atom is 0.271 e. The van der Waals surface area contributed by atoms with E-state index < -0.39 is 0 Å². The Hall–Kier alpha value is -2.30. The molecule has 0 unspecified atom stereocenters. The Morgan fingerprint density at radius 3 is 2.74 bits per heavy atom. The van der Waals surface area contributed by atoms with Crippen LogP contribution in [0.5, 0.6) is 0 Å². The zero-order chi connectivity index (χ0) is 13.7. The standard InChI is InChI=1S/C14H18N4O/c1-2-18-13(15)10-12(17-18)14(19)16-9-8-11-6-4-3-5-7-11/h3-7,10H,2,8-9,15H2,1H3,(H,16,19). The molecular formula is C14H18N4O.